The van der Waals surface area contributed by atoms with E-state index < -0.39 is 41.9 Å². The molecule has 0 radical (unpaired) electrons. The summed E-state index contributed by atoms with van der Waals surface area (Å²) in [7, 11) is 1.55. The van der Waals surface area contributed by atoms with Gasteiger partial charge in [0.15, 0.2) is 6.10 Å². The van der Waals surface area contributed by atoms with Gasteiger partial charge in [-0.1, -0.05) is 51.1 Å². The van der Waals surface area contributed by atoms with E-state index in [9.17, 15) is 25.2 Å². The van der Waals surface area contributed by atoms with Crippen molar-refractivity contribution in [1.82, 2.24) is 0 Å². The van der Waals surface area contributed by atoms with Gasteiger partial charge in [0.05, 0.1) is 18.3 Å². The Morgan fingerprint density at radius 1 is 1.27 bits per heavy atom. The van der Waals surface area contributed by atoms with Gasteiger partial charge >= 0.3 is 5.97 Å². The van der Waals surface area contributed by atoms with E-state index in [4.69, 9.17) is 9.47 Å². The quantitative estimate of drug-likeness (QED) is 0.390. The van der Waals surface area contributed by atoms with Crippen molar-refractivity contribution in [3.63, 3.8) is 0 Å². The van der Waals surface area contributed by atoms with Gasteiger partial charge in [-0.2, -0.15) is 0 Å². The monoisotopic (exact) mass is 464 g/mol. The SMILES string of the molecule is CC[C@H](/C=C(/C)[C@@H]1C[C@@H](OC)C[C@@H](O)C(C)(C)c2cccc(c2)C[C@@H](O)[C@H](O)C(=O)O1)CO. The minimum Gasteiger partial charge on any atom is -0.456 e. The first-order valence-corrected chi connectivity index (χ1v) is 11.7. The van der Waals surface area contributed by atoms with E-state index >= 15 is 0 Å². The first kappa shape index (κ1) is 27.5. The standard InChI is InChI=1S/C26H40O7/c1-6-17(15-27)10-16(2)22-13-20(32-5)14-23(29)26(3,4)19-9-7-8-18(11-19)12-21(28)24(30)25(31)33-22/h7-11,17,20-24,27-30H,6,12-15H2,1-5H3/b16-10-/t17-,20-,21-,22+,23-,24+/m1/s1. The van der Waals surface area contributed by atoms with Gasteiger partial charge in [0.2, 0.25) is 0 Å². The lowest BCUT2D eigenvalue weighted by atomic mass is 9.76. The topological polar surface area (TPSA) is 116 Å². The molecule has 0 spiro atoms. The molecule has 1 heterocycles. The second-order valence-corrected chi connectivity index (χ2v) is 9.67. The molecule has 0 amide bonds. The lowest BCUT2D eigenvalue weighted by Crippen LogP contribution is -2.41. The van der Waals surface area contributed by atoms with Gasteiger partial charge in [-0.05, 0) is 30.0 Å². The molecule has 0 unspecified atom stereocenters. The van der Waals surface area contributed by atoms with Gasteiger partial charge < -0.3 is 29.9 Å². The third kappa shape index (κ3) is 7.11. The molecule has 0 aliphatic carbocycles. The van der Waals surface area contributed by atoms with E-state index in [1.54, 1.807) is 14.0 Å². The first-order valence-electron chi connectivity index (χ1n) is 11.7. The molecule has 186 valence electrons. The summed E-state index contributed by atoms with van der Waals surface area (Å²) in [5.41, 5.74) is 1.76. The Labute approximate surface area is 197 Å². The fourth-order valence-electron chi connectivity index (χ4n) is 4.19. The fraction of sp³-hybridized carbons (Fsp3) is 0.654. The Kier molecular flexibility index (Phi) is 10.1. The Bertz CT molecular complexity index is 800. The van der Waals surface area contributed by atoms with Crippen LogP contribution >= 0.6 is 0 Å². The number of aliphatic hydroxyl groups is 4. The van der Waals surface area contributed by atoms with E-state index in [0.29, 0.717) is 12.8 Å². The minimum atomic E-state index is -1.70. The van der Waals surface area contributed by atoms with Gasteiger partial charge in [0.25, 0.3) is 0 Å². The number of esters is 1. The normalized spacial score (nSPS) is 30.3. The average Bonchev–Trinajstić information content (AvgIpc) is 2.79. The van der Waals surface area contributed by atoms with Crippen molar-refractivity contribution < 1.29 is 34.7 Å². The second-order valence-electron chi connectivity index (χ2n) is 9.67. The molecule has 1 aliphatic rings. The highest BCUT2D eigenvalue weighted by Gasteiger charge is 2.35. The van der Waals surface area contributed by atoms with E-state index in [2.05, 4.69) is 0 Å². The number of ether oxygens (including phenoxy) is 2. The summed E-state index contributed by atoms with van der Waals surface area (Å²) in [6.07, 6.45) is -1.71. The Morgan fingerprint density at radius 2 is 1.97 bits per heavy atom. The Hall–Kier alpha value is -1.77. The van der Waals surface area contributed by atoms with Crippen LogP contribution < -0.4 is 0 Å². The van der Waals surface area contributed by atoms with E-state index in [1.807, 2.05) is 51.1 Å². The number of methoxy groups -OCH3 is 1. The molecule has 1 aromatic carbocycles. The summed E-state index contributed by atoms with van der Waals surface area (Å²) in [5.74, 6) is -1.01. The number of hydrogen-bond acceptors (Lipinski definition) is 7. The lowest BCUT2D eigenvalue weighted by Gasteiger charge is -2.35. The summed E-state index contributed by atoms with van der Waals surface area (Å²) < 4.78 is 11.3. The molecule has 6 atom stereocenters. The van der Waals surface area contributed by atoms with Crippen molar-refractivity contribution in [2.24, 2.45) is 5.92 Å². The van der Waals surface area contributed by atoms with Crippen LogP contribution in [0.1, 0.15) is 58.1 Å². The van der Waals surface area contributed by atoms with Crippen LogP contribution in [0.2, 0.25) is 0 Å². The summed E-state index contributed by atoms with van der Waals surface area (Å²) in [6, 6.07) is 7.46. The molecule has 1 aromatic rings. The van der Waals surface area contributed by atoms with Crippen molar-refractivity contribution in [3.8, 4) is 0 Å². The zero-order valence-electron chi connectivity index (χ0n) is 20.4. The molecule has 1 aliphatic heterocycles. The maximum Gasteiger partial charge on any atom is 0.338 e. The predicted octanol–water partition coefficient (Wildman–Crippen LogP) is 2.27. The molecule has 33 heavy (non-hydrogen) atoms. The van der Waals surface area contributed by atoms with E-state index in [1.165, 1.54) is 0 Å². The van der Waals surface area contributed by atoms with Gasteiger partial charge in [-0.25, -0.2) is 4.79 Å². The molecule has 2 rings (SSSR count). The lowest BCUT2D eigenvalue weighted by molar-refractivity contribution is -0.165. The zero-order chi connectivity index (χ0) is 24.8. The Morgan fingerprint density at radius 3 is 2.58 bits per heavy atom. The molecular formula is C26H40O7. The van der Waals surface area contributed by atoms with Gasteiger partial charge in [-0.15, -0.1) is 0 Å². The molecule has 4 N–H and O–H groups in total. The number of benzene rings is 1. The molecule has 0 saturated heterocycles. The van der Waals surface area contributed by atoms with Crippen LogP contribution in [0.4, 0.5) is 0 Å². The van der Waals surface area contributed by atoms with Gasteiger partial charge in [-0.3, -0.25) is 0 Å². The third-order valence-corrected chi connectivity index (χ3v) is 6.88. The summed E-state index contributed by atoms with van der Waals surface area (Å²) in [6.45, 7) is 7.64. The van der Waals surface area contributed by atoms with Crippen molar-refractivity contribution in [3.05, 3.63) is 47.0 Å². The Balaban J connectivity index is 2.46. The van der Waals surface area contributed by atoms with Gasteiger partial charge in [0.1, 0.15) is 6.10 Å². The van der Waals surface area contributed by atoms with E-state index in [0.717, 1.165) is 16.7 Å². The van der Waals surface area contributed by atoms with Crippen LogP contribution in [0.3, 0.4) is 0 Å². The summed E-state index contributed by atoms with van der Waals surface area (Å²) >= 11 is 0. The summed E-state index contributed by atoms with van der Waals surface area (Å²) in [5, 5.41) is 41.7. The maximum atomic E-state index is 12.7. The van der Waals surface area contributed by atoms with Crippen LogP contribution in [-0.2, 0) is 26.1 Å². The summed E-state index contributed by atoms with van der Waals surface area (Å²) in [4.78, 5) is 12.7. The van der Waals surface area contributed by atoms with Crippen LogP contribution in [-0.4, -0.2) is 70.6 Å². The van der Waals surface area contributed by atoms with Crippen LogP contribution in [0.5, 0.6) is 0 Å². The molecule has 2 bridgehead atoms. The van der Waals surface area contributed by atoms with Crippen LogP contribution in [0.15, 0.2) is 35.9 Å². The number of aliphatic hydroxyl groups excluding tert-OH is 4. The van der Waals surface area contributed by atoms with E-state index in [-0.39, 0.29) is 25.4 Å². The van der Waals surface area contributed by atoms with Crippen molar-refractivity contribution in [1.29, 1.82) is 0 Å². The van der Waals surface area contributed by atoms with Crippen molar-refractivity contribution in [2.45, 2.75) is 89.3 Å². The highest BCUT2D eigenvalue weighted by atomic mass is 16.6. The van der Waals surface area contributed by atoms with Gasteiger partial charge in [0, 0.05) is 44.3 Å². The smallest absolute Gasteiger partial charge is 0.338 e. The number of rotatable bonds is 5. The molecular weight excluding hydrogens is 424 g/mol. The first-order chi connectivity index (χ1) is 15.5. The highest BCUT2D eigenvalue weighted by Crippen LogP contribution is 2.32. The molecule has 7 heteroatoms. The van der Waals surface area contributed by atoms with Crippen LogP contribution in [0.25, 0.3) is 0 Å². The number of carbonyl (C=O) groups is 1. The number of fused-ring (bicyclic) bond motifs is 2. The number of carbonyl (C=O) groups excluding carboxylic acids is 1. The van der Waals surface area contributed by atoms with Crippen molar-refractivity contribution >= 4 is 5.97 Å². The molecule has 0 fully saturated rings. The second kappa shape index (κ2) is 12.1. The predicted molar refractivity (Wildman–Crippen MR) is 126 cm³/mol. The average molecular weight is 465 g/mol. The molecule has 0 saturated carbocycles. The zero-order valence-corrected chi connectivity index (χ0v) is 20.4. The third-order valence-electron chi connectivity index (χ3n) is 6.88. The number of hydrogen-bond donors (Lipinski definition) is 4. The maximum absolute atomic E-state index is 12.7. The van der Waals surface area contributed by atoms with Crippen molar-refractivity contribution in [2.75, 3.05) is 13.7 Å². The number of cyclic esters (lactones) is 1. The van der Waals surface area contributed by atoms with Crippen LogP contribution in [0, 0.1) is 5.92 Å². The largest absolute Gasteiger partial charge is 0.456 e. The minimum absolute atomic E-state index is 0.0335. The molecule has 0 aromatic heterocycles. The highest BCUT2D eigenvalue weighted by molar-refractivity contribution is 5.75. The fourth-order valence-corrected chi connectivity index (χ4v) is 4.19. The molecule has 7 nitrogen and oxygen atoms in total.